The third-order valence-corrected chi connectivity index (χ3v) is 5.39. The van der Waals surface area contributed by atoms with Gasteiger partial charge in [-0.15, -0.1) is 0 Å². The van der Waals surface area contributed by atoms with Crippen molar-refractivity contribution in [2.45, 2.75) is 20.4 Å². The summed E-state index contributed by atoms with van der Waals surface area (Å²) in [6.45, 7) is 4.50. The molecule has 0 fully saturated rings. The average molecular weight is 398 g/mol. The normalized spacial score (nSPS) is 10.7. The van der Waals surface area contributed by atoms with Gasteiger partial charge in [-0.1, -0.05) is 58.4 Å². The minimum atomic E-state index is -0.133. The fraction of sp³-hybridized carbons (Fsp3) is 0.190. The van der Waals surface area contributed by atoms with Gasteiger partial charge in [0.25, 0.3) is 5.91 Å². The van der Waals surface area contributed by atoms with Crippen LogP contribution in [0.1, 0.15) is 16.7 Å². The van der Waals surface area contributed by atoms with Crippen molar-refractivity contribution in [2.24, 2.45) is 0 Å². The summed E-state index contributed by atoms with van der Waals surface area (Å²) in [4.78, 5) is 12.1. The summed E-state index contributed by atoms with van der Waals surface area (Å²) in [5.74, 6) is 0.574. The summed E-state index contributed by atoms with van der Waals surface area (Å²) in [5, 5.41) is 5.26. The lowest BCUT2D eigenvalue weighted by atomic mass is 10.0. The van der Waals surface area contributed by atoms with E-state index in [0.29, 0.717) is 12.3 Å². The molecule has 3 rings (SSSR count). The Bertz CT molecular complexity index is 892. The first-order valence-corrected chi connectivity index (χ1v) is 8.97. The second-order valence-electron chi connectivity index (χ2n) is 6.07. The first-order chi connectivity index (χ1) is 12.0. The van der Waals surface area contributed by atoms with Crippen LogP contribution in [0.3, 0.4) is 0 Å². The number of halogens is 1. The molecule has 0 saturated heterocycles. The van der Waals surface area contributed by atoms with Crippen LogP contribution in [-0.4, -0.2) is 12.5 Å². The zero-order valence-corrected chi connectivity index (χ0v) is 15.9. The van der Waals surface area contributed by atoms with E-state index in [1.165, 1.54) is 5.39 Å². The van der Waals surface area contributed by atoms with Crippen molar-refractivity contribution < 1.29 is 9.53 Å². The minimum absolute atomic E-state index is 0.00524. The molecular weight excluding hydrogens is 378 g/mol. The molecule has 0 radical (unpaired) electrons. The maximum Gasteiger partial charge on any atom is 0.258 e. The van der Waals surface area contributed by atoms with Crippen LogP contribution in [0.5, 0.6) is 5.75 Å². The Morgan fingerprint density at radius 2 is 1.72 bits per heavy atom. The topological polar surface area (TPSA) is 38.3 Å². The maximum atomic E-state index is 12.1. The fourth-order valence-corrected chi connectivity index (χ4v) is 3.06. The highest BCUT2D eigenvalue weighted by molar-refractivity contribution is 9.10. The first kappa shape index (κ1) is 17.5. The number of carbonyl (C=O) groups is 1. The number of carbonyl (C=O) groups excluding carboxylic acids is 1. The number of rotatable bonds is 5. The number of ether oxygens (including phenoxy) is 1. The molecule has 3 aromatic carbocycles. The highest BCUT2D eigenvalue weighted by atomic mass is 79.9. The van der Waals surface area contributed by atoms with Crippen LogP contribution in [0.25, 0.3) is 10.8 Å². The van der Waals surface area contributed by atoms with Crippen LogP contribution in [0.4, 0.5) is 0 Å². The number of hydrogen-bond donors (Lipinski definition) is 1. The smallest absolute Gasteiger partial charge is 0.258 e. The van der Waals surface area contributed by atoms with Gasteiger partial charge in [-0.3, -0.25) is 4.79 Å². The Kier molecular flexibility index (Phi) is 5.39. The lowest BCUT2D eigenvalue weighted by Crippen LogP contribution is -2.28. The van der Waals surface area contributed by atoms with E-state index in [1.807, 2.05) is 50.2 Å². The van der Waals surface area contributed by atoms with E-state index in [9.17, 15) is 4.79 Å². The summed E-state index contributed by atoms with van der Waals surface area (Å²) in [5.41, 5.74) is 3.28. The van der Waals surface area contributed by atoms with Gasteiger partial charge < -0.3 is 10.1 Å². The quantitative estimate of drug-likeness (QED) is 0.663. The maximum absolute atomic E-state index is 12.1. The third-order valence-electron chi connectivity index (χ3n) is 4.14. The second-order valence-corrected chi connectivity index (χ2v) is 6.87. The third kappa shape index (κ3) is 4.20. The van der Waals surface area contributed by atoms with E-state index in [0.717, 1.165) is 26.5 Å². The summed E-state index contributed by atoms with van der Waals surface area (Å²) in [6, 6.07) is 18.1. The zero-order valence-electron chi connectivity index (χ0n) is 14.3. The van der Waals surface area contributed by atoms with Gasteiger partial charge >= 0.3 is 0 Å². The molecular formula is C21H20BrNO2. The Hall–Kier alpha value is -2.33. The second kappa shape index (κ2) is 7.70. The number of nitrogens with one attached hydrogen (secondary N) is 1. The van der Waals surface area contributed by atoms with E-state index in [-0.39, 0.29) is 12.5 Å². The van der Waals surface area contributed by atoms with Crippen molar-refractivity contribution in [1.29, 1.82) is 0 Å². The van der Waals surface area contributed by atoms with E-state index in [2.05, 4.69) is 39.4 Å². The van der Waals surface area contributed by atoms with E-state index in [4.69, 9.17) is 4.74 Å². The van der Waals surface area contributed by atoms with Gasteiger partial charge in [0.2, 0.25) is 0 Å². The molecule has 0 heterocycles. The summed E-state index contributed by atoms with van der Waals surface area (Å²) in [6.07, 6.45) is 0. The van der Waals surface area contributed by atoms with Crippen LogP contribution in [0.15, 0.2) is 59.1 Å². The predicted octanol–water partition coefficient (Wildman–Crippen LogP) is 4.91. The Labute approximate surface area is 156 Å². The largest absolute Gasteiger partial charge is 0.484 e. The standard InChI is InChI=1S/C21H20BrNO2/c1-14-10-18(11-15(2)21(14)22)25-13-20(24)23-12-17-8-5-7-16-6-3-4-9-19(16)17/h3-11H,12-13H2,1-2H3,(H,23,24). The van der Waals surface area contributed by atoms with E-state index >= 15 is 0 Å². The lowest BCUT2D eigenvalue weighted by molar-refractivity contribution is -0.123. The minimum Gasteiger partial charge on any atom is -0.484 e. The summed E-state index contributed by atoms with van der Waals surface area (Å²) < 4.78 is 6.70. The number of hydrogen-bond acceptors (Lipinski definition) is 2. The molecule has 3 nitrogen and oxygen atoms in total. The molecule has 0 saturated carbocycles. The van der Waals surface area contributed by atoms with Crippen molar-refractivity contribution in [3.63, 3.8) is 0 Å². The summed E-state index contributed by atoms with van der Waals surface area (Å²) in [7, 11) is 0. The van der Waals surface area contributed by atoms with E-state index < -0.39 is 0 Å². The molecule has 0 spiro atoms. The van der Waals surface area contributed by atoms with Crippen molar-refractivity contribution in [3.05, 3.63) is 75.8 Å². The molecule has 4 heteroatoms. The molecule has 0 unspecified atom stereocenters. The predicted molar refractivity (Wildman–Crippen MR) is 105 cm³/mol. The van der Waals surface area contributed by atoms with Gasteiger partial charge in [-0.2, -0.15) is 0 Å². The first-order valence-electron chi connectivity index (χ1n) is 8.17. The van der Waals surface area contributed by atoms with Gasteiger partial charge in [0.1, 0.15) is 5.75 Å². The van der Waals surface area contributed by atoms with Gasteiger partial charge in [-0.25, -0.2) is 0 Å². The molecule has 1 amide bonds. The van der Waals surface area contributed by atoms with Crippen LogP contribution in [0.2, 0.25) is 0 Å². The Morgan fingerprint density at radius 1 is 1.04 bits per heavy atom. The van der Waals surface area contributed by atoms with Crippen LogP contribution >= 0.6 is 15.9 Å². The van der Waals surface area contributed by atoms with Gasteiger partial charge in [0, 0.05) is 11.0 Å². The molecule has 0 aliphatic heterocycles. The number of amides is 1. The average Bonchev–Trinajstić information content (AvgIpc) is 2.62. The van der Waals surface area contributed by atoms with Crippen LogP contribution in [-0.2, 0) is 11.3 Å². The zero-order chi connectivity index (χ0) is 17.8. The Balaban J connectivity index is 1.60. The van der Waals surface area contributed by atoms with Gasteiger partial charge in [0.05, 0.1) is 0 Å². The number of aryl methyl sites for hydroxylation is 2. The van der Waals surface area contributed by atoms with Gasteiger partial charge in [-0.05, 0) is 53.4 Å². The molecule has 3 aromatic rings. The van der Waals surface area contributed by atoms with Crippen LogP contribution in [0, 0.1) is 13.8 Å². The molecule has 128 valence electrons. The SMILES string of the molecule is Cc1cc(OCC(=O)NCc2cccc3ccccc23)cc(C)c1Br. The lowest BCUT2D eigenvalue weighted by Gasteiger charge is -2.11. The number of benzene rings is 3. The molecule has 0 aromatic heterocycles. The monoisotopic (exact) mass is 397 g/mol. The number of fused-ring (bicyclic) bond motifs is 1. The molecule has 0 aliphatic carbocycles. The molecule has 0 aliphatic rings. The highest BCUT2D eigenvalue weighted by Crippen LogP contribution is 2.26. The van der Waals surface area contributed by atoms with Crippen molar-refractivity contribution in [1.82, 2.24) is 5.32 Å². The molecule has 25 heavy (non-hydrogen) atoms. The fourth-order valence-electron chi connectivity index (χ4n) is 2.83. The van der Waals surface area contributed by atoms with E-state index in [1.54, 1.807) is 0 Å². The highest BCUT2D eigenvalue weighted by Gasteiger charge is 2.07. The van der Waals surface area contributed by atoms with Crippen molar-refractivity contribution >= 4 is 32.6 Å². The van der Waals surface area contributed by atoms with Crippen molar-refractivity contribution in [2.75, 3.05) is 6.61 Å². The molecule has 1 N–H and O–H groups in total. The van der Waals surface area contributed by atoms with Gasteiger partial charge in [0.15, 0.2) is 6.61 Å². The molecule has 0 atom stereocenters. The Morgan fingerprint density at radius 3 is 2.48 bits per heavy atom. The van der Waals surface area contributed by atoms with Crippen LogP contribution < -0.4 is 10.1 Å². The van der Waals surface area contributed by atoms with Crippen molar-refractivity contribution in [3.8, 4) is 5.75 Å². The molecule has 0 bridgehead atoms. The summed E-state index contributed by atoms with van der Waals surface area (Å²) >= 11 is 3.53.